The van der Waals surface area contributed by atoms with Crippen molar-refractivity contribution in [1.29, 1.82) is 0 Å². The van der Waals surface area contributed by atoms with Gasteiger partial charge in [0.1, 0.15) is 12.2 Å². The quantitative estimate of drug-likeness (QED) is 0.388. The molecule has 9 heteroatoms. The second-order valence-corrected chi connectivity index (χ2v) is 7.04. The van der Waals surface area contributed by atoms with Gasteiger partial charge in [0, 0.05) is 40.3 Å². The lowest BCUT2D eigenvalue weighted by Crippen LogP contribution is -2.50. The SMILES string of the molecule is CN=C(NCc1ncnn1C)N1CC2OCCN(Cc3ccccc3)C2C1.I. The van der Waals surface area contributed by atoms with Crippen LogP contribution in [0.15, 0.2) is 41.7 Å². The van der Waals surface area contributed by atoms with Gasteiger partial charge in [0.05, 0.1) is 25.3 Å². The molecule has 2 aliphatic rings. The molecule has 28 heavy (non-hydrogen) atoms. The maximum Gasteiger partial charge on any atom is 0.194 e. The van der Waals surface area contributed by atoms with Gasteiger partial charge >= 0.3 is 0 Å². The Morgan fingerprint density at radius 1 is 1.29 bits per heavy atom. The minimum Gasteiger partial charge on any atom is -0.373 e. The number of ether oxygens (including phenoxy) is 1. The molecule has 3 heterocycles. The van der Waals surface area contributed by atoms with Crippen molar-refractivity contribution in [3.05, 3.63) is 48.0 Å². The lowest BCUT2D eigenvalue weighted by atomic mass is 10.1. The second-order valence-electron chi connectivity index (χ2n) is 7.04. The van der Waals surface area contributed by atoms with Gasteiger partial charge in [-0.05, 0) is 5.56 Å². The number of morpholine rings is 1. The highest BCUT2D eigenvalue weighted by atomic mass is 127. The molecule has 0 amide bonds. The van der Waals surface area contributed by atoms with Crippen LogP contribution in [0.2, 0.25) is 0 Å². The lowest BCUT2D eigenvalue weighted by molar-refractivity contribution is -0.0502. The summed E-state index contributed by atoms with van der Waals surface area (Å²) < 4.78 is 7.84. The number of halogens is 1. The summed E-state index contributed by atoms with van der Waals surface area (Å²) in [6, 6.07) is 11.0. The van der Waals surface area contributed by atoms with Crippen LogP contribution in [0.3, 0.4) is 0 Å². The van der Waals surface area contributed by atoms with Crippen molar-refractivity contribution in [2.45, 2.75) is 25.2 Å². The number of nitrogens with one attached hydrogen (secondary N) is 1. The van der Waals surface area contributed by atoms with Crippen molar-refractivity contribution >= 4 is 29.9 Å². The Morgan fingerprint density at radius 3 is 2.82 bits per heavy atom. The number of likely N-dealkylation sites (tertiary alicyclic amines) is 1. The highest BCUT2D eigenvalue weighted by Gasteiger charge is 2.41. The van der Waals surface area contributed by atoms with Crippen LogP contribution in [0.1, 0.15) is 11.4 Å². The van der Waals surface area contributed by atoms with Gasteiger partial charge in [-0.15, -0.1) is 24.0 Å². The summed E-state index contributed by atoms with van der Waals surface area (Å²) in [5, 5.41) is 7.52. The summed E-state index contributed by atoms with van der Waals surface area (Å²) in [5.41, 5.74) is 1.35. The lowest BCUT2D eigenvalue weighted by Gasteiger charge is -2.36. The minimum absolute atomic E-state index is 0. The molecule has 4 rings (SSSR count). The maximum atomic E-state index is 6.07. The van der Waals surface area contributed by atoms with Crippen LogP contribution in [-0.4, -0.2) is 76.0 Å². The van der Waals surface area contributed by atoms with E-state index in [-0.39, 0.29) is 30.1 Å². The first-order valence-electron chi connectivity index (χ1n) is 9.42. The van der Waals surface area contributed by atoms with Crippen LogP contribution >= 0.6 is 24.0 Å². The molecular formula is C19H28IN7O. The van der Waals surface area contributed by atoms with Gasteiger partial charge in [0.25, 0.3) is 0 Å². The molecule has 2 atom stereocenters. The fourth-order valence-corrected chi connectivity index (χ4v) is 3.92. The molecule has 0 saturated carbocycles. The van der Waals surface area contributed by atoms with E-state index in [1.165, 1.54) is 5.56 Å². The molecule has 152 valence electrons. The molecule has 2 aromatic rings. The van der Waals surface area contributed by atoms with Crippen molar-refractivity contribution in [2.24, 2.45) is 12.0 Å². The zero-order valence-electron chi connectivity index (χ0n) is 16.4. The summed E-state index contributed by atoms with van der Waals surface area (Å²) in [6.45, 7) is 5.08. The van der Waals surface area contributed by atoms with Gasteiger partial charge in [-0.25, -0.2) is 4.98 Å². The molecule has 2 aliphatic heterocycles. The van der Waals surface area contributed by atoms with Gasteiger partial charge in [0.2, 0.25) is 0 Å². The van der Waals surface area contributed by atoms with Crippen molar-refractivity contribution < 1.29 is 4.74 Å². The predicted molar refractivity (Wildman–Crippen MR) is 119 cm³/mol. The molecule has 1 N–H and O–H groups in total. The standard InChI is InChI=1S/C19H27N7O.HI/c1-20-19(21-10-18-22-14-23-24(18)2)26-12-16-17(13-26)27-9-8-25(16)11-15-6-4-3-5-7-15;/h3-7,14,16-17H,8-13H2,1-2H3,(H,20,21);1H. The van der Waals surface area contributed by atoms with E-state index in [4.69, 9.17) is 4.74 Å². The average molecular weight is 497 g/mol. The molecule has 8 nitrogen and oxygen atoms in total. The summed E-state index contributed by atoms with van der Waals surface area (Å²) in [6.07, 6.45) is 1.79. The molecule has 1 aromatic heterocycles. The Kier molecular flexibility index (Phi) is 7.24. The average Bonchev–Trinajstić information content (AvgIpc) is 3.30. The summed E-state index contributed by atoms with van der Waals surface area (Å²) in [7, 11) is 3.72. The number of guanidine groups is 1. The van der Waals surface area contributed by atoms with Crippen LogP contribution in [0, 0.1) is 0 Å². The van der Waals surface area contributed by atoms with E-state index in [1.807, 2.05) is 14.1 Å². The van der Waals surface area contributed by atoms with E-state index in [0.717, 1.165) is 44.6 Å². The van der Waals surface area contributed by atoms with E-state index >= 15 is 0 Å². The second kappa shape index (κ2) is 9.66. The molecule has 2 saturated heterocycles. The van der Waals surface area contributed by atoms with Crippen LogP contribution < -0.4 is 5.32 Å². The largest absolute Gasteiger partial charge is 0.373 e. The Morgan fingerprint density at radius 2 is 2.11 bits per heavy atom. The van der Waals surface area contributed by atoms with Gasteiger partial charge < -0.3 is 15.0 Å². The van der Waals surface area contributed by atoms with Gasteiger partial charge in [-0.3, -0.25) is 14.6 Å². The Bertz CT molecular complexity index is 782. The first-order valence-corrected chi connectivity index (χ1v) is 9.42. The number of rotatable bonds is 4. The third-order valence-electron chi connectivity index (χ3n) is 5.37. The molecule has 0 aliphatic carbocycles. The minimum atomic E-state index is 0. The van der Waals surface area contributed by atoms with E-state index in [2.05, 4.69) is 60.5 Å². The van der Waals surface area contributed by atoms with Crippen molar-refractivity contribution in [2.75, 3.05) is 33.3 Å². The normalized spacial score (nSPS) is 22.6. The number of fused-ring (bicyclic) bond motifs is 1. The van der Waals surface area contributed by atoms with Gasteiger partial charge in [0.15, 0.2) is 5.96 Å². The predicted octanol–water partition coefficient (Wildman–Crippen LogP) is 1.09. The molecular weight excluding hydrogens is 469 g/mol. The number of benzene rings is 1. The topological polar surface area (TPSA) is 70.8 Å². The fraction of sp³-hybridized carbons (Fsp3) is 0.526. The molecule has 2 unspecified atom stereocenters. The Hall–Kier alpha value is -1.72. The van der Waals surface area contributed by atoms with Crippen LogP contribution in [0.5, 0.6) is 0 Å². The number of hydrogen-bond donors (Lipinski definition) is 1. The van der Waals surface area contributed by atoms with Crippen LogP contribution in [-0.2, 0) is 24.9 Å². The highest BCUT2D eigenvalue weighted by molar-refractivity contribution is 14.0. The van der Waals surface area contributed by atoms with E-state index in [9.17, 15) is 0 Å². The van der Waals surface area contributed by atoms with E-state index < -0.39 is 0 Å². The smallest absolute Gasteiger partial charge is 0.194 e. The molecule has 0 bridgehead atoms. The Balaban J connectivity index is 0.00000225. The zero-order chi connectivity index (χ0) is 18.6. The van der Waals surface area contributed by atoms with Crippen LogP contribution in [0.25, 0.3) is 0 Å². The van der Waals surface area contributed by atoms with E-state index in [1.54, 1.807) is 11.0 Å². The number of aromatic nitrogens is 3. The zero-order valence-corrected chi connectivity index (χ0v) is 18.7. The van der Waals surface area contributed by atoms with Crippen molar-refractivity contribution in [3.8, 4) is 0 Å². The summed E-state index contributed by atoms with van der Waals surface area (Å²) in [5.74, 6) is 1.77. The molecule has 0 radical (unpaired) electrons. The van der Waals surface area contributed by atoms with Crippen molar-refractivity contribution in [1.82, 2.24) is 29.9 Å². The van der Waals surface area contributed by atoms with Gasteiger partial charge in [-0.1, -0.05) is 30.3 Å². The van der Waals surface area contributed by atoms with Crippen molar-refractivity contribution in [3.63, 3.8) is 0 Å². The molecule has 2 fully saturated rings. The third-order valence-corrected chi connectivity index (χ3v) is 5.37. The maximum absolute atomic E-state index is 6.07. The first-order chi connectivity index (χ1) is 13.2. The molecule has 0 spiro atoms. The molecule has 1 aromatic carbocycles. The third kappa shape index (κ3) is 4.64. The van der Waals surface area contributed by atoms with Gasteiger partial charge in [-0.2, -0.15) is 5.10 Å². The number of hydrogen-bond acceptors (Lipinski definition) is 5. The number of aliphatic imine (C=N–C) groups is 1. The van der Waals surface area contributed by atoms with Crippen LogP contribution in [0.4, 0.5) is 0 Å². The number of nitrogens with zero attached hydrogens (tertiary/aromatic N) is 6. The Labute approximate surface area is 183 Å². The monoisotopic (exact) mass is 497 g/mol. The highest BCUT2D eigenvalue weighted by Crippen LogP contribution is 2.24. The number of aryl methyl sites for hydroxylation is 1. The first kappa shape index (κ1) is 21.0. The summed E-state index contributed by atoms with van der Waals surface area (Å²) >= 11 is 0. The fourth-order valence-electron chi connectivity index (χ4n) is 3.92. The van der Waals surface area contributed by atoms with E-state index in [0.29, 0.717) is 12.6 Å². The summed E-state index contributed by atoms with van der Waals surface area (Å²) in [4.78, 5) is 13.6.